The van der Waals surface area contributed by atoms with Gasteiger partial charge in [0, 0.05) is 55.5 Å². The van der Waals surface area contributed by atoms with Crippen molar-refractivity contribution in [3.63, 3.8) is 0 Å². The summed E-state index contributed by atoms with van der Waals surface area (Å²) in [6, 6.07) is 12.8. The highest BCUT2D eigenvalue weighted by atomic mass is 35.5. The van der Waals surface area contributed by atoms with Crippen LogP contribution in [0.25, 0.3) is 0 Å². The zero-order chi connectivity index (χ0) is 19.9. The van der Waals surface area contributed by atoms with Crippen LogP contribution in [-0.4, -0.2) is 56.1 Å². The highest BCUT2D eigenvalue weighted by Crippen LogP contribution is 2.20. The minimum atomic E-state index is -0.390. The zero-order valence-electron chi connectivity index (χ0n) is 15.3. The molecule has 1 aliphatic rings. The normalized spacial score (nSPS) is 13.9. The van der Waals surface area contributed by atoms with Crippen molar-refractivity contribution in [3.8, 4) is 0 Å². The van der Waals surface area contributed by atoms with Gasteiger partial charge < -0.3 is 20.4 Å². The molecule has 1 saturated heterocycles. The summed E-state index contributed by atoms with van der Waals surface area (Å²) in [4.78, 5) is 28.1. The summed E-state index contributed by atoms with van der Waals surface area (Å²) in [5.41, 5.74) is 1.43. The van der Waals surface area contributed by atoms with E-state index in [-0.39, 0.29) is 17.8 Å². The van der Waals surface area contributed by atoms with Crippen LogP contribution in [0.2, 0.25) is 5.02 Å². The van der Waals surface area contributed by atoms with Gasteiger partial charge in [0.2, 0.25) is 0 Å². The van der Waals surface area contributed by atoms with Crippen molar-refractivity contribution in [1.29, 1.82) is 0 Å². The van der Waals surface area contributed by atoms with Gasteiger partial charge in [-0.05, 0) is 42.5 Å². The van der Waals surface area contributed by atoms with Crippen LogP contribution in [0.4, 0.5) is 14.9 Å². The first kappa shape index (κ1) is 19.9. The van der Waals surface area contributed by atoms with Gasteiger partial charge in [-0.3, -0.25) is 4.79 Å². The number of carbonyl (C=O) groups is 2. The maximum Gasteiger partial charge on any atom is 0.317 e. The lowest BCUT2D eigenvalue weighted by Gasteiger charge is -2.36. The average molecular weight is 405 g/mol. The molecule has 2 N–H and O–H groups in total. The first-order valence-electron chi connectivity index (χ1n) is 9.10. The first-order valence-corrected chi connectivity index (χ1v) is 9.48. The fourth-order valence-electron chi connectivity index (χ4n) is 3.00. The fourth-order valence-corrected chi connectivity index (χ4v) is 3.19. The molecule has 1 aliphatic heterocycles. The Bertz CT molecular complexity index is 823. The Kier molecular flexibility index (Phi) is 6.71. The minimum absolute atomic E-state index is 0.151. The Labute approximate surface area is 168 Å². The third-order valence-electron chi connectivity index (χ3n) is 4.53. The van der Waals surface area contributed by atoms with Gasteiger partial charge in [0.25, 0.3) is 5.91 Å². The van der Waals surface area contributed by atoms with Crippen LogP contribution >= 0.6 is 11.6 Å². The number of rotatable bonds is 5. The van der Waals surface area contributed by atoms with Gasteiger partial charge in [0.15, 0.2) is 0 Å². The third-order valence-corrected chi connectivity index (χ3v) is 4.77. The molecule has 0 aliphatic carbocycles. The number of carbonyl (C=O) groups excluding carboxylic acids is 2. The van der Waals surface area contributed by atoms with Crippen LogP contribution in [0.1, 0.15) is 10.4 Å². The molecule has 0 unspecified atom stereocenters. The van der Waals surface area contributed by atoms with Gasteiger partial charge in [0.05, 0.1) is 0 Å². The molecule has 3 amide bonds. The maximum atomic E-state index is 12.9. The molecule has 0 aromatic heterocycles. The molecule has 1 heterocycles. The summed E-state index contributed by atoms with van der Waals surface area (Å²) < 4.78 is 12.9. The number of halogens is 2. The number of benzene rings is 2. The van der Waals surface area contributed by atoms with Crippen molar-refractivity contribution >= 4 is 29.2 Å². The second-order valence-electron chi connectivity index (χ2n) is 6.45. The topological polar surface area (TPSA) is 64.7 Å². The molecule has 0 radical (unpaired) electrons. The van der Waals surface area contributed by atoms with Gasteiger partial charge >= 0.3 is 6.03 Å². The van der Waals surface area contributed by atoms with E-state index >= 15 is 0 Å². The molecular weight excluding hydrogens is 383 g/mol. The predicted octanol–water partition coefficient (Wildman–Crippen LogP) is 2.74. The molecule has 3 rings (SSSR count). The fraction of sp³-hybridized carbons (Fsp3) is 0.300. The van der Waals surface area contributed by atoms with E-state index in [0.717, 1.165) is 18.8 Å². The van der Waals surface area contributed by atoms with Crippen molar-refractivity contribution in [2.75, 3.05) is 44.2 Å². The highest BCUT2D eigenvalue weighted by Gasteiger charge is 2.21. The van der Waals surface area contributed by atoms with E-state index in [2.05, 4.69) is 15.5 Å². The molecule has 2 aromatic carbocycles. The lowest BCUT2D eigenvalue weighted by molar-refractivity contribution is 0.0953. The van der Waals surface area contributed by atoms with Crippen LogP contribution in [0, 0.1) is 5.82 Å². The Balaban J connectivity index is 1.36. The smallest absolute Gasteiger partial charge is 0.317 e. The number of nitrogens with one attached hydrogen (secondary N) is 2. The highest BCUT2D eigenvalue weighted by molar-refractivity contribution is 6.30. The quantitative estimate of drug-likeness (QED) is 0.753. The number of hydrogen-bond donors (Lipinski definition) is 2. The zero-order valence-corrected chi connectivity index (χ0v) is 16.1. The Morgan fingerprint density at radius 3 is 2.32 bits per heavy atom. The number of urea groups is 1. The number of piperazine rings is 1. The molecule has 2 aromatic rings. The lowest BCUT2D eigenvalue weighted by atomic mass is 10.2. The van der Waals surface area contributed by atoms with Crippen molar-refractivity contribution in [2.24, 2.45) is 0 Å². The van der Waals surface area contributed by atoms with Crippen molar-refractivity contribution < 1.29 is 14.0 Å². The summed E-state index contributed by atoms with van der Waals surface area (Å²) in [5, 5.41) is 6.19. The summed E-state index contributed by atoms with van der Waals surface area (Å²) >= 11 is 6.03. The number of anilines is 1. The van der Waals surface area contributed by atoms with Crippen molar-refractivity contribution in [2.45, 2.75) is 0 Å². The van der Waals surface area contributed by atoms with Crippen LogP contribution in [0.3, 0.4) is 0 Å². The molecule has 0 spiro atoms. The summed E-state index contributed by atoms with van der Waals surface area (Å²) in [6.45, 7) is 3.30. The van der Waals surface area contributed by atoms with Gasteiger partial charge in [0.1, 0.15) is 5.82 Å². The van der Waals surface area contributed by atoms with E-state index in [4.69, 9.17) is 11.6 Å². The molecule has 28 heavy (non-hydrogen) atoms. The van der Waals surface area contributed by atoms with Gasteiger partial charge in [-0.2, -0.15) is 0 Å². The number of amides is 3. The summed E-state index contributed by atoms with van der Waals surface area (Å²) in [7, 11) is 0. The Morgan fingerprint density at radius 1 is 0.964 bits per heavy atom. The van der Waals surface area contributed by atoms with Crippen LogP contribution in [-0.2, 0) is 0 Å². The molecular formula is C20H22ClFN4O2. The SMILES string of the molecule is O=C(NCCNC(=O)N1CCN(c2cccc(Cl)c2)CC1)c1ccc(F)cc1. The number of hydrogen-bond acceptors (Lipinski definition) is 3. The van der Waals surface area contributed by atoms with Crippen LogP contribution < -0.4 is 15.5 Å². The predicted molar refractivity (Wildman–Crippen MR) is 107 cm³/mol. The monoisotopic (exact) mass is 404 g/mol. The molecule has 6 nitrogen and oxygen atoms in total. The minimum Gasteiger partial charge on any atom is -0.368 e. The lowest BCUT2D eigenvalue weighted by Crippen LogP contribution is -2.52. The third kappa shape index (κ3) is 5.36. The summed E-state index contributed by atoms with van der Waals surface area (Å²) in [6.07, 6.45) is 0. The van der Waals surface area contributed by atoms with Crippen molar-refractivity contribution in [1.82, 2.24) is 15.5 Å². The van der Waals surface area contributed by atoms with E-state index in [1.807, 2.05) is 24.3 Å². The molecule has 1 fully saturated rings. The molecule has 8 heteroatoms. The van der Waals surface area contributed by atoms with Gasteiger partial charge in [-0.25, -0.2) is 9.18 Å². The Hall–Kier alpha value is -2.80. The van der Waals surface area contributed by atoms with Gasteiger partial charge in [-0.1, -0.05) is 17.7 Å². The maximum absolute atomic E-state index is 12.9. The van der Waals surface area contributed by atoms with Gasteiger partial charge in [-0.15, -0.1) is 0 Å². The number of nitrogens with zero attached hydrogens (tertiary/aromatic N) is 2. The van der Waals surface area contributed by atoms with E-state index in [0.29, 0.717) is 36.8 Å². The van der Waals surface area contributed by atoms with Crippen molar-refractivity contribution in [3.05, 3.63) is 64.9 Å². The van der Waals surface area contributed by atoms with E-state index in [1.54, 1.807) is 4.90 Å². The Morgan fingerprint density at radius 2 is 1.64 bits per heavy atom. The second-order valence-corrected chi connectivity index (χ2v) is 6.89. The molecule has 0 saturated carbocycles. The standard InChI is InChI=1S/C20H22ClFN4O2/c21-16-2-1-3-18(14-16)25-10-12-26(13-11-25)20(28)24-9-8-23-19(27)15-4-6-17(22)7-5-15/h1-7,14H,8-13H2,(H,23,27)(H,24,28). The molecule has 148 valence electrons. The molecule has 0 atom stereocenters. The molecule has 0 bridgehead atoms. The van der Waals surface area contributed by atoms with E-state index in [9.17, 15) is 14.0 Å². The van der Waals surface area contributed by atoms with Crippen LogP contribution in [0.5, 0.6) is 0 Å². The average Bonchev–Trinajstić information content (AvgIpc) is 2.71. The summed E-state index contributed by atoms with van der Waals surface area (Å²) in [5.74, 6) is -0.691. The first-order chi connectivity index (χ1) is 13.5. The van der Waals surface area contributed by atoms with E-state index in [1.165, 1.54) is 24.3 Å². The second kappa shape index (κ2) is 9.41. The van der Waals surface area contributed by atoms with Crippen LogP contribution in [0.15, 0.2) is 48.5 Å². The largest absolute Gasteiger partial charge is 0.368 e. The van der Waals surface area contributed by atoms with E-state index < -0.39 is 0 Å².